The van der Waals surface area contributed by atoms with E-state index in [-0.39, 0.29) is 43.0 Å². The number of benzene rings is 1. The summed E-state index contributed by atoms with van der Waals surface area (Å²) in [6.07, 6.45) is 3.87. The lowest BCUT2D eigenvalue weighted by molar-refractivity contribution is -0.127. The van der Waals surface area contributed by atoms with E-state index in [0.717, 1.165) is 38.0 Å². The fourth-order valence-electron chi connectivity index (χ4n) is 3.84. The van der Waals surface area contributed by atoms with Gasteiger partial charge in [0.2, 0.25) is 0 Å². The first-order chi connectivity index (χ1) is 12.7. The molecule has 2 fully saturated rings. The number of nitrogens with one attached hydrogen (secondary N) is 1. The van der Waals surface area contributed by atoms with Crippen LogP contribution in [0.5, 0.6) is 5.75 Å². The van der Waals surface area contributed by atoms with Gasteiger partial charge in [-0.05, 0) is 37.3 Å². The number of aryl methyl sites for hydroxylation is 1. The number of fused-ring (bicyclic) bond motifs is 2. The maximum Gasteiger partial charge on any atom is 0.328 e. The highest BCUT2D eigenvalue weighted by molar-refractivity contribution is 6.04. The van der Waals surface area contributed by atoms with Gasteiger partial charge in [-0.25, -0.2) is 4.79 Å². The van der Waals surface area contributed by atoms with E-state index in [1.165, 1.54) is 10.5 Å². The smallest absolute Gasteiger partial charge is 0.328 e. The first kappa shape index (κ1) is 19.5. The zero-order valence-corrected chi connectivity index (χ0v) is 16.0. The second-order valence-corrected chi connectivity index (χ2v) is 6.93. The van der Waals surface area contributed by atoms with Gasteiger partial charge in [-0.15, -0.1) is 12.4 Å². The number of rotatable bonds is 4. The third-order valence-electron chi connectivity index (χ3n) is 5.23. The molecular weight excluding hydrogens is 366 g/mol. The van der Waals surface area contributed by atoms with Gasteiger partial charge in [-0.1, -0.05) is 30.0 Å². The summed E-state index contributed by atoms with van der Waals surface area (Å²) < 4.78 is 5.98. The minimum absolute atomic E-state index is 0. The van der Waals surface area contributed by atoms with Gasteiger partial charge in [0.15, 0.2) is 0 Å². The molecule has 1 N–H and O–H groups in total. The van der Waals surface area contributed by atoms with Crippen molar-refractivity contribution in [2.24, 2.45) is 0 Å². The number of ether oxygens (including phenoxy) is 1. The Balaban J connectivity index is 0.00000210. The number of nitrogens with zero attached hydrogens (tertiary/aromatic N) is 2. The summed E-state index contributed by atoms with van der Waals surface area (Å²) in [5.74, 6) is 6.81. The summed E-state index contributed by atoms with van der Waals surface area (Å²) in [5.41, 5.74) is 1.27. The molecule has 0 aliphatic carbocycles. The Bertz CT molecular complexity index is 751. The van der Waals surface area contributed by atoms with Gasteiger partial charge >= 0.3 is 6.03 Å². The minimum atomic E-state index is -0.242. The third-order valence-corrected chi connectivity index (χ3v) is 5.23. The van der Waals surface area contributed by atoms with Crippen LogP contribution >= 0.6 is 12.4 Å². The van der Waals surface area contributed by atoms with Gasteiger partial charge in [0, 0.05) is 13.1 Å². The molecule has 1 aromatic rings. The molecule has 2 saturated heterocycles. The number of halogens is 1. The van der Waals surface area contributed by atoms with Gasteiger partial charge in [-0.2, -0.15) is 0 Å². The number of carbonyl (C=O) groups excluding carboxylic acids is 2. The molecule has 27 heavy (non-hydrogen) atoms. The lowest BCUT2D eigenvalue weighted by Gasteiger charge is -2.26. The molecule has 3 amide bonds. The topological polar surface area (TPSA) is 61.9 Å². The van der Waals surface area contributed by atoms with Crippen LogP contribution in [0.2, 0.25) is 0 Å². The minimum Gasteiger partial charge on any atom is -0.489 e. The molecule has 6 nitrogen and oxygen atoms in total. The first-order valence-corrected chi connectivity index (χ1v) is 9.27. The standard InChI is InChI=1S/C20H23N3O3.ClH/c24-19-17-7-5-13-22(17)20(25)23(19)12-4-3-11-21-14-16-10-9-15-6-1-2-8-18(15)26-16;/h1-2,6,8,16-17,21H,5,7,9-14H2;1H. The summed E-state index contributed by atoms with van der Waals surface area (Å²) in [6.45, 7) is 2.12. The average molecular weight is 390 g/mol. The van der Waals surface area contributed by atoms with Gasteiger partial charge in [-0.3, -0.25) is 9.69 Å². The van der Waals surface area contributed by atoms with Crippen molar-refractivity contribution in [1.82, 2.24) is 15.1 Å². The molecule has 2 unspecified atom stereocenters. The third kappa shape index (κ3) is 4.05. The maximum absolute atomic E-state index is 12.2. The van der Waals surface area contributed by atoms with E-state index in [1.807, 2.05) is 18.2 Å². The second-order valence-electron chi connectivity index (χ2n) is 6.93. The summed E-state index contributed by atoms with van der Waals surface area (Å²) in [4.78, 5) is 27.3. The van der Waals surface area contributed by atoms with E-state index in [4.69, 9.17) is 4.74 Å². The summed E-state index contributed by atoms with van der Waals surface area (Å²) in [7, 11) is 0. The molecule has 3 heterocycles. The Labute approximate surface area is 165 Å². The van der Waals surface area contributed by atoms with E-state index in [1.54, 1.807) is 4.90 Å². The number of hydrogen-bond acceptors (Lipinski definition) is 4. The van der Waals surface area contributed by atoms with Crippen molar-refractivity contribution in [3.63, 3.8) is 0 Å². The Morgan fingerprint density at radius 2 is 2.04 bits per heavy atom. The molecule has 0 spiro atoms. The monoisotopic (exact) mass is 389 g/mol. The predicted octanol–water partition coefficient (Wildman–Crippen LogP) is 1.82. The predicted molar refractivity (Wildman–Crippen MR) is 104 cm³/mol. The number of imide groups is 1. The lowest BCUT2D eigenvalue weighted by Crippen LogP contribution is -2.34. The number of hydrogen-bond donors (Lipinski definition) is 1. The molecule has 3 aliphatic rings. The van der Waals surface area contributed by atoms with Crippen LogP contribution < -0.4 is 10.1 Å². The molecule has 0 radical (unpaired) electrons. The normalized spacial score (nSPS) is 23.1. The number of carbonyl (C=O) groups is 2. The van der Waals surface area contributed by atoms with Gasteiger partial charge in [0.05, 0.1) is 13.1 Å². The van der Waals surface area contributed by atoms with E-state index >= 15 is 0 Å². The van der Waals surface area contributed by atoms with Crippen LogP contribution in [0, 0.1) is 11.8 Å². The molecule has 1 aromatic carbocycles. The van der Waals surface area contributed by atoms with Crippen molar-refractivity contribution < 1.29 is 14.3 Å². The maximum atomic E-state index is 12.2. The SMILES string of the molecule is Cl.O=C1C2CCCN2C(=O)N1CC#CCNCC1CCc2ccccc2O1. The van der Waals surface area contributed by atoms with Gasteiger partial charge in [0.25, 0.3) is 5.91 Å². The molecular formula is C20H24ClN3O3. The fourth-order valence-corrected chi connectivity index (χ4v) is 3.84. The van der Waals surface area contributed by atoms with Crippen LogP contribution in [0.25, 0.3) is 0 Å². The molecule has 7 heteroatoms. The van der Waals surface area contributed by atoms with E-state index < -0.39 is 0 Å². The molecule has 0 aromatic heterocycles. The van der Waals surface area contributed by atoms with E-state index in [0.29, 0.717) is 13.1 Å². The van der Waals surface area contributed by atoms with Crippen molar-refractivity contribution in [3.8, 4) is 17.6 Å². The van der Waals surface area contributed by atoms with Crippen LogP contribution in [0.4, 0.5) is 4.79 Å². The highest BCUT2D eigenvalue weighted by atomic mass is 35.5. The van der Waals surface area contributed by atoms with Crippen molar-refractivity contribution in [2.45, 2.75) is 37.8 Å². The fraction of sp³-hybridized carbons (Fsp3) is 0.500. The second kappa shape index (κ2) is 8.64. The molecule has 144 valence electrons. The molecule has 2 atom stereocenters. The molecule has 4 rings (SSSR count). The summed E-state index contributed by atoms with van der Waals surface area (Å²) in [6, 6.07) is 7.72. The largest absolute Gasteiger partial charge is 0.489 e. The molecule has 3 aliphatic heterocycles. The van der Waals surface area contributed by atoms with Crippen LogP contribution in [0.15, 0.2) is 24.3 Å². The van der Waals surface area contributed by atoms with Crippen molar-refractivity contribution >= 4 is 24.3 Å². The Hall–Kier alpha value is -2.23. The van der Waals surface area contributed by atoms with E-state index in [2.05, 4.69) is 23.2 Å². The lowest BCUT2D eigenvalue weighted by atomic mass is 10.0. The van der Waals surface area contributed by atoms with Crippen LogP contribution in [0.3, 0.4) is 0 Å². The quantitative estimate of drug-likeness (QED) is 0.485. The number of amides is 3. The zero-order valence-electron chi connectivity index (χ0n) is 15.1. The van der Waals surface area contributed by atoms with Gasteiger partial charge < -0.3 is 15.0 Å². The number of para-hydroxylation sites is 1. The first-order valence-electron chi connectivity index (χ1n) is 9.27. The van der Waals surface area contributed by atoms with E-state index in [9.17, 15) is 9.59 Å². The van der Waals surface area contributed by atoms with Crippen molar-refractivity contribution in [2.75, 3.05) is 26.2 Å². The van der Waals surface area contributed by atoms with Crippen molar-refractivity contribution in [3.05, 3.63) is 29.8 Å². The van der Waals surface area contributed by atoms with Crippen LogP contribution in [0.1, 0.15) is 24.8 Å². The highest BCUT2D eigenvalue weighted by Gasteiger charge is 2.46. The molecule has 0 bridgehead atoms. The summed E-state index contributed by atoms with van der Waals surface area (Å²) in [5, 5.41) is 3.28. The zero-order chi connectivity index (χ0) is 17.9. The average Bonchev–Trinajstić information content (AvgIpc) is 3.23. The van der Waals surface area contributed by atoms with Crippen molar-refractivity contribution in [1.29, 1.82) is 0 Å². The van der Waals surface area contributed by atoms with Gasteiger partial charge in [0.1, 0.15) is 17.9 Å². The molecule has 0 saturated carbocycles. The Morgan fingerprint density at radius 1 is 1.19 bits per heavy atom. The highest BCUT2D eigenvalue weighted by Crippen LogP contribution is 2.27. The summed E-state index contributed by atoms with van der Waals surface area (Å²) >= 11 is 0. The number of urea groups is 1. The van der Waals surface area contributed by atoms with Crippen LogP contribution in [-0.2, 0) is 11.2 Å². The van der Waals surface area contributed by atoms with Crippen LogP contribution in [-0.4, -0.2) is 60.1 Å². The Kier molecular flexibility index (Phi) is 6.25. The Morgan fingerprint density at radius 3 is 2.89 bits per heavy atom.